The number of amides is 1. The second-order valence-electron chi connectivity index (χ2n) is 3.11. The van der Waals surface area contributed by atoms with Crippen molar-refractivity contribution in [3.63, 3.8) is 0 Å². The van der Waals surface area contributed by atoms with Crippen molar-refractivity contribution in [3.05, 3.63) is 36.0 Å². The molecule has 1 aromatic carbocycles. The molecule has 0 aliphatic carbocycles. The molecule has 0 radical (unpaired) electrons. The van der Waals surface area contributed by atoms with Crippen LogP contribution in [0.25, 0.3) is 10.9 Å². The Morgan fingerprint density at radius 2 is 2.20 bits per heavy atom. The van der Waals surface area contributed by atoms with Crippen molar-refractivity contribution in [2.75, 3.05) is 7.11 Å². The van der Waals surface area contributed by atoms with Crippen molar-refractivity contribution in [1.82, 2.24) is 4.98 Å². The molecule has 4 nitrogen and oxygen atoms in total. The lowest BCUT2D eigenvalue weighted by molar-refractivity contribution is 0.100. The van der Waals surface area contributed by atoms with Crippen LogP contribution in [0.5, 0.6) is 5.75 Å². The number of hydrogen-bond donors (Lipinski definition) is 1. The van der Waals surface area contributed by atoms with Crippen molar-refractivity contribution in [3.8, 4) is 5.75 Å². The molecular formula is C11H10N2O2. The van der Waals surface area contributed by atoms with E-state index >= 15 is 0 Å². The van der Waals surface area contributed by atoms with E-state index in [-0.39, 0.29) is 0 Å². The maximum absolute atomic E-state index is 11.0. The molecule has 0 bridgehead atoms. The van der Waals surface area contributed by atoms with Gasteiger partial charge in [0.05, 0.1) is 12.6 Å². The van der Waals surface area contributed by atoms with Crippen LogP contribution in [0.4, 0.5) is 0 Å². The molecule has 15 heavy (non-hydrogen) atoms. The van der Waals surface area contributed by atoms with Crippen molar-refractivity contribution >= 4 is 16.8 Å². The summed E-state index contributed by atoms with van der Waals surface area (Å²) in [5.74, 6) is 0.276. The fraction of sp³-hybridized carbons (Fsp3) is 0.0909. The molecule has 1 heterocycles. The van der Waals surface area contributed by atoms with Crippen LogP contribution < -0.4 is 10.5 Å². The number of primary amides is 1. The largest absolute Gasteiger partial charge is 0.496 e. The smallest absolute Gasteiger partial charge is 0.248 e. The van der Waals surface area contributed by atoms with Crippen LogP contribution in [0.2, 0.25) is 0 Å². The van der Waals surface area contributed by atoms with Crippen LogP contribution in [0, 0.1) is 0 Å². The van der Waals surface area contributed by atoms with Gasteiger partial charge in [0.25, 0.3) is 0 Å². The van der Waals surface area contributed by atoms with Gasteiger partial charge in [-0.05, 0) is 24.3 Å². The van der Waals surface area contributed by atoms with E-state index in [2.05, 4.69) is 4.98 Å². The number of fused-ring (bicyclic) bond motifs is 1. The zero-order valence-corrected chi connectivity index (χ0v) is 8.23. The fourth-order valence-electron chi connectivity index (χ4n) is 1.45. The fourth-order valence-corrected chi connectivity index (χ4v) is 1.45. The molecule has 2 rings (SSSR count). The second kappa shape index (κ2) is 3.57. The Morgan fingerprint density at radius 1 is 1.40 bits per heavy atom. The summed E-state index contributed by atoms with van der Waals surface area (Å²) in [6, 6.07) is 6.86. The predicted molar refractivity (Wildman–Crippen MR) is 56.8 cm³/mol. The quantitative estimate of drug-likeness (QED) is 0.799. The Bertz CT molecular complexity index is 523. The van der Waals surface area contributed by atoms with Gasteiger partial charge in [0.2, 0.25) is 5.91 Å². The van der Waals surface area contributed by atoms with E-state index in [1.165, 1.54) is 0 Å². The van der Waals surface area contributed by atoms with Crippen LogP contribution in [0.15, 0.2) is 30.5 Å². The number of aromatic nitrogens is 1. The highest BCUT2D eigenvalue weighted by Gasteiger charge is 2.05. The van der Waals surface area contributed by atoms with Gasteiger partial charge in [0, 0.05) is 17.1 Å². The van der Waals surface area contributed by atoms with Crippen molar-refractivity contribution in [1.29, 1.82) is 0 Å². The maximum Gasteiger partial charge on any atom is 0.248 e. The van der Waals surface area contributed by atoms with E-state index in [9.17, 15) is 4.79 Å². The molecule has 2 N–H and O–H groups in total. The molecule has 0 spiro atoms. The summed E-state index contributed by atoms with van der Waals surface area (Å²) in [6.45, 7) is 0. The molecule has 0 unspecified atom stereocenters. The van der Waals surface area contributed by atoms with Gasteiger partial charge in [-0.1, -0.05) is 0 Å². The van der Waals surface area contributed by atoms with Crippen molar-refractivity contribution < 1.29 is 9.53 Å². The van der Waals surface area contributed by atoms with E-state index in [1.54, 1.807) is 37.6 Å². The molecule has 0 fully saturated rings. The minimum Gasteiger partial charge on any atom is -0.496 e. The molecule has 1 amide bonds. The lowest BCUT2D eigenvalue weighted by atomic mass is 10.1. The Balaban J connectivity index is 2.69. The van der Waals surface area contributed by atoms with Crippen molar-refractivity contribution in [2.45, 2.75) is 0 Å². The van der Waals surface area contributed by atoms with E-state index in [0.29, 0.717) is 11.1 Å². The first kappa shape index (κ1) is 9.45. The van der Waals surface area contributed by atoms with Crippen LogP contribution >= 0.6 is 0 Å². The lowest BCUT2D eigenvalue weighted by Crippen LogP contribution is -2.10. The van der Waals surface area contributed by atoms with Crippen LogP contribution in [0.3, 0.4) is 0 Å². The standard InChI is InChI=1S/C11H10N2O2/c1-15-10-4-5-13-9-6-7(11(12)14)2-3-8(9)10/h2-6H,1H3,(H2,12,14). The molecule has 0 aliphatic rings. The topological polar surface area (TPSA) is 65.2 Å². The average Bonchev–Trinajstić information content (AvgIpc) is 2.27. The third-order valence-electron chi connectivity index (χ3n) is 2.21. The van der Waals surface area contributed by atoms with Crippen LogP contribution in [0.1, 0.15) is 10.4 Å². The Hall–Kier alpha value is -2.10. The van der Waals surface area contributed by atoms with E-state index < -0.39 is 5.91 Å². The third kappa shape index (κ3) is 1.61. The molecule has 0 saturated heterocycles. The number of ether oxygens (including phenoxy) is 1. The number of carbonyl (C=O) groups excluding carboxylic acids is 1. The van der Waals surface area contributed by atoms with Gasteiger partial charge in [-0.3, -0.25) is 9.78 Å². The molecule has 0 atom stereocenters. The van der Waals surface area contributed by atoms with Gasteiger partial charge in [0.1, 0.15) is 5.75 Å². The molecule has 76 valence electrons. The van der Waals surface area contributed by atoms with Crippen molar-refractivity contribution in [2.24, 2.45) is 5.73 Å². The normalized spacial score (nSPS) is 10.2. The Labute approximate surface area is 86.7 Å². The number of carbonyl (C=O) groups is 1. The van der Waals surface area contributed by atoms with Gasteiger partial charge >= 0.3 is 0 Å². The summed E-state index contributed by atoms with van der Waals surface area (Å²) in [4.78, 5) is 15.1. The summed E-state index contributed by atoms with van der Waals surface area (Å²) in [6.07, 6.45) is 1.63. The number of rotatable bonds is 2. The molecule has 2 aromatic rings. The van der Waals surface area contributed by atoms with Crippen LogP contribution in [-0.2, 0) is 0 Å². The second-order valence-corrected chi connectivity index (χ2v) is 3.11. The zero-order chi connectivity index (χ0) is 10.8. The number of pyridine rings is 1. The van der Waals surface area contributed by atoms with E-state index in [1.807, 2.05) is 0 Å². The summed E-state index contributed by atoms with van der Waals surface area (Å²) < 4.78 is 5.17. The van der Waals surface area contributed by atoms with Gasteiger partial charge < -0.3 is 10.5 Å². The number of benzene rings is 1. The van der Waals surface area contributed by atoms with Gasteiger partial charge in [0.15, 0.2) is 0 Å². The maximum atomic E-state index is 11.0. The number of nitrogens with zero attached hydrogens (tertiary/aromatic N) is 1. The van der Waals surface area contributed by atoms with Crippen LogP contribution in [-0.4, -0.2) is 18.0 Å². The van der Waals surface area contributed by atoms with E-state index in [4.69, 9.17) is 10.5 Å². The Kier molecular flexibility index (Phi) is 2.25. The molecule has 4 heteroatoms. The minimum atomic E-state index is -0.457. The predicted octanol–water partition coefficient (Wildman–Crippen LogP) is 1.34. The summed E-state index contributed by atoms with van der Waals surface area (Å²) in [7, 11) is 1.59. The van der Waals surface area contributed by atoms with E-state index in [0.717, 1.165) is 11.1 Å². The third-order valence-corrected chi connectivity index (χ3v) is 2.21. The molecular weight excluding hydrogens is 192 g/mol. The molecule has 0 saturated carbocycles. The first-order chi connectivity index (χ1) is 7.22. The molecule has 1 aromatic heterocycles. The van der Waals surface area contributed by atoms with Gasteiger partial charge in [-0.25, -0.2) is 0 Å². The minimum absolute atomic E-state index is 0.447. The number of methoxy groups -OCH3 is 1. The lowest BCUT2D eigenvalue weighted by Gasteiger charge is -2.04. The summed E-state index contributed by atoms with van der Waals surface area (Å²) in [5.41, 5.74) is 6.32. The molecule has 0 aliphatic heterocycles. The zero-order valence-electron chi connectivity index (χ0n) is 8.23. The Morgan fingerprint density at radius 3 is 2.87 bits per heavy atom. The highest BCUT2D eigenvalue weighted by atomic mass is 16.5. The average molecular weight is 202 g/mol. The first-order valence-electron chi connectivity index (χ1n) is 4.45. The number of hydrogen-bond acceptors (Lipinski definition) is 3. The highest BCUT2D eigenvalue weighted by Crippen LogP contribution is 2.23. The highest BCUT2D eigenvalue weighted by molar-refractivity contribution is 5.97. The monoisotopic (exact) mass is 202 g/mol. The van der Waals surface area contributed by atoms with Gasteiger partial charge in [-0.15, -0.1) is 0 Å². The van der Waals surface area contributed by atoms with Gasteiger partial charge in [-0.2, -0.15) is 0 Å². The summed E-state index contributed by atoms with van der Waals surface area (Å²) >= 11 is 0. The summed E-state index contributed by atoms with van der Waals surface area (Å²) in [5, 5.41) is 0.866. The first-order valence-corrected chi connectivity index (χ1v) is 4.45. The number of nitrogens with two attached hydrogens (primary N) is 1. The SMILES string of the molecule is COc1ccnc2cc(C(N)=O)ccc12.